The van der Waals surface area contributed by atoms with E-state index in [9.17, 15) is 73.5 Å². The Kier molecular flexibility index (Phi) is 39.6. The second kappa shape index (κ2) is 52.0. The molecule has 3 aromatic heterocycles. The van der Waals surface area contributed by atoms with E-state index in [2.05, 4.69) is 127 Å². The number of amides is 7. The summed E-state index contributed by atoms with van der Waals surface area (Å²) in [5.74, 6) is -4.93. The summed E-state index contributed by atoms with van der Waals surface area (Å²) in [7, 11) is -12.1. The van der Waals surface area contributed by atoms with Gasteiger partial charge in [-0.3, -0.25) is 57.3 Å². The van der Waals surface area contributed by atoms with Gasteiger partial charge < -0.3 is 46.9 Å². The van der Waals surface area contributed by atoms with Crippen molar-refractivity contribution in [2.24, 2.45) is 10.8 Å². The van der Waals surface area contributed by atoms with Gasteiger partial charge in [0.05, 0.1) is 101 Å². The Balaban J connectivity index is 0.000000159. The van der Waals surface area contributed by atoms with Gasteiger partial charge >= 0.3 is 23.8 Å². The summed E-state index contributed by atoms with van der Waals surface area (Å²) in [5, 5.41) is 29.7. The SMILES string of the molecule is CC(=O)Oc1ccc(I)cc1C(=O)Nc1ccc(Cl)cc1.CC(=O)Oc1ccccc1C(=O)Nc1ccc(Cl)cc1.NC(=O)C(=O)N/N=C/c1cc(Br)cc(Br)c1O.O=C(Nc1ccc(Cl)c(Cl)c1)c1ccccc1NS(=O)(=O)c1cccc2nsnc12.O=C(Nc1ccc(Cl)cc1)c1ccccc1NS(=O)(=O)c1cccc2nsnc12.O=C(Nc1cccc(Cl)c1)c1cc(Cl)ccc1NS(=O)(=O)c1cccc2nsnc12. The fourth-order valence-electron chi connectivity index (χ4n) is 12.4. The zero-order chi connectivity index (χ0) is 106. The molecule has 7 amide bonds. The number of anilines is 8. The maximum atomic E-state index is 13.0. The molecule has 12 N–H and O–H groups in total. The lowest BCUT2D eigenvalue weighted by Crippen LogP contribution is -2.32. The lowest BCUT2D eigenvalue weighted by molar-refractivity contribution is -0.137. The van der Waals surface area contributed by atoms with Crippen LogP contribution in [0.5, 0.6) is 17.2 Å². The number of benzene rings is 14. The van der Waals surface area contributed by atoms with Gasteiger partial charge in [0.2, 0.25) is 0 Å². The predicted molar refractivity (Wildman–Crippen MR) is 588 cm³/mol. The highest BCUT2D eigenvalue weighted by Gasteiger charge is 2.28. The fourth-order valence-corrected chi connectivity index (χ4v) is 20.7. The van der Waals surface area contributed by atoms with E-state index in [1.54, 1.807) is 224 Å². The molecule has 0 unspecified atom stereocenters. The summed E-state index contributed by atoms with van der Waals surface area (Å²) < 4.78 is 122. The topological polar surface area (TPSA) is 519 Å². The second-order valence-electron chi connectivity index (χ2n) is 29.4. The Bertz CT molecular complexity index is 8290. The first kappa shape index (κ1) is 112. The maximum absolute atomic E-state index is 13.0. The molecule has 750 valence electrons. The molecular formula is C96H67Br2Cl7IN17O18S6. The van der Waals surface area contributed by atoms with Crippen molar-refractivity contribution in [2.45, 2.75) is 28.5 Å². The Morgan fingerprint density at radius 3 is 1.19 bits per heavy atom. The lowest BCUT2D eigenvalue weighted by Gasteiger charge is -2.13. The number of para-hydroxylation sites is 3. The molecule has 0 aliphatic heterocycles. The molecule has 0 aliphatic rings. The van der Waals surface area contributed by atoms with Gasteiger partial charge in [-0.05, 0) is 269 Å². The highest BCUT2D eigenvalue weighted by atomic mass is 127. The minimum Gasteiger partial charge on any atom is -0.506 e. The summed E-state index contributed by atoms with van der Waals surface area (Å²) in [5.41, 5.74) is 13.2. The number of sulfonamides is 3. The Hall–Kier alpha value is -13.8. The summed E-state index contributed by atoms with van der Waals surface area (Å²) in [6.45, 7) is 2.58. The molecule has 3 heterocycles. The summed E-state index contributed by atoms with van der Waals surface area (Å²) >= 11 is 52.5. The van der Waals surface area contributed by atoms with Gasteiger partial charge in [-0.15, -0.1) is 0 Å². The van der Waals surface area contributed by atoms with E-state index in [1.165, 1.54) is 86.8 Å². The summed E-state index contributed by atoms with van der Waals surface area (Å²) in [6, 6.07) is 77.1. The van der Waals surface area contributed by atoms with Crippen LogP contribution in [0, 0.1) is 3.57 Å². The number of nitrogens with zero attached hydrogens (tertiary/aromatic N) is 7. The van der Waals surface area contributed by atoms with Crippen LogP contribution in [0.2, 0.25) is 35.2 Å². The van der Waals surface area contributed by atoms with E-state index in [-0.39, 0.29) is 110 Å². The smallest absolute Gasteiger partial charge is 0.329 e. The number of nitrogens with two attached hydrogens (primary N) is 1. The minimum absolute atomic E-state index is 0.00309. The number of primary amides is 1. The first-order chi connectivity index (χ1) is 70.0. The third-order valence-corrected chi connectivity index (χ3v) is 28.5. The van der Waals surface area contributed by atoms with Crippen molar-refractivity contribution in [3.63, 3.8) is 0 Å². The number of carbonyl (C=O) groups excluding carboxylic acids is 9. The zero-order valence-corrected chi connectivity index (χ0v) is 90.1. The van der Waals surface area contributed by atoms with Crippen LogP contribution in [0.4, 0.5) is 45.5 Å². The van der Waals surface area contributed by atoms with Crippen LogP contribution < -0.4 is 61.4 Å². The number of aromatic hydroxyl groups is 1. The van der Waals surface area contributed by atoms with E-state index in [1.807, 2.05) is 5.43 Å². The number of halogens is 10. The van der Waals surface area contributed by atoms with Crippen molar-refractivity contribution in [1.82, 2.24) is 31.7 Å². The average molecular weight is 2470 g/mol. The Labute approximate surface area is 914 Å². The van der Waals surface area contributed by atoms with Crippen LogP contribution in [0.25, 0.3) is 33.1 Å². The van der Waals surface area contributed by atoms with Crippen molar-refractivity contribution < 1.29 is 83.0 Å². The van der Waals surface area contributed by atoms with Gasteiger partial charge in [0.25, 0.3) is 59.6 Å². The van der Waals surface area contributed by atoms with Crippen molar-refractivity contribution in [1.29, 1.82) is 0 Å². The number of fused-ring (bicyclic) bond motifs is 3. The number of hydrazone groups is 1. The molecule has 0 fully saturated rings. The largest absolute Gasteiger partial charge is 0.506 e. The van der Waals surface area contributed by atoms with Crippen molar-refractivity contribution in [3.05, 3.63) is 372 Å². The molecule has 0 aliphatic carbocycles. The summed E-state index contributed by atoms with van der Waals surface area (Å²) in [6.07, 6.45) is 1.19. The van der Waals surface area contributed by atoms with Crippen LogP contribution in [0.15, 0.2) is 320 Å². The molecule has 35 nitrogen and oxygen atoms in total. The Morgan fingerprint density at radius 1 is 0.374 bits per heavy atom. The van der Waals surface area contributed by atoms with Crippen molar-refractivity contribution in [3.8, 4) is 17.2 Å². The first-order valence-corrected chi connectivity index (χ1v) is 53.3. The third-order valence-electron chi connectivity index (χ3n) is 19.0. The van der Waals surface area contributed by atoms with E-state index < -0.39 is 71.5 Å². The number of esters is 2. The Morgan fingerprint density at radius 2 is 0.748 bits per heavy atom. The molecule has 0 atom stereocenters. The lowest BCUT2D eigenvalue weighted by atomic mass is 10.1. The zero-order valence-electron chi connectivity index (χ0n) is 74.6. The average Bonchev–Trinajstić information content (AvgIpc) is 1.72. The van der Waals surface area contributed by atoms with Crippen LogP contribution in [0.1, 0.15) is 71.2 Å². The van der Waals surface area contributed by atoms with Gasteiger partial charge in [0, 0.05) is 81.0 Å². The standard InChI is InChI=1S/2C19H12Cl2N4O3S2.C19H13ClN4O3S2.C15H11ClINO3.C15H12ClNO3.C9H7Br2N3O3/c20-11-3-1-4-13(9-11)22-19(26)14-10-12(21)7-8-15(14)25-30(27,28)17-6-2-5-16-18(17)24-29-23-16;20-13-9-8-11(10-14(13)21)22-19(26)12-4-1-2-5-15(12)25-30(27,28)17-7-3-6-16-18(17)24-29-23-16;20-12-8-10-13(11-9-12)21-19(25)14-4-1-2-5-15(14)24-29(26,27)17-7-3-6-16-18(17)23-28-22-16;1-9(19)21-14-7-4-11(17)8-13(14)15(20)18-12-5-2-10(16)3-6-12;1-10(18)20-14-5-3-2-4-13(14)15(19)17-12-8-6-11(16)7-9-12;10-5-1-4(7(15)6(11)2-5)3-13-14-9(17)8(12)16/h2*1-10,25H,(H,22,26);1-11,24H,(H,21,25);2-8H,1H3,(H,18,20);2-9H,1H3,(H,17,19);1-3,15H,(H2,12,16)(H,14,17)/b;;;;;13-3+. The van der Waals surface area contributed by atoms with E-state index in [0.29, 0.717) is 90.2 Å². The second-order valence-corrected chi connectivity index (χ2v) is 42.0. The molecule has 51 heteroatoms. The molecule has 17 aromatic rings. The van der Waals surface area contributed by atoms with E-state index in [4.69, 9.17) is 96.4 Å². The number of phenols is 1. The summed E-state index contributed by atoms with van der Waals surface area (Å²) in [4.78, 5) is 106. The monoisotopic (exact) mass is 2470 g/mol. The molecule has 0 spiro atoms. The normalized spacial score (nSPS) is 10.9. The van der Waals surface area contributed by atoms with E-state index >= 15 is 0 Å². The molecule has 0 saturated carbocycles. The highest BCUT2D eigenvalue weighted by Crippen LogP contribution is 2.36. The molecule has 17 rings (SSSR count). The van der Waals surface area contributed by atoms with Gasteiger partial charge in [-0.2, -0.15) is 31.3 Å². The molecular weight excluding hydrogens is 2410 g/mol. The quantitative estimate of drug-likeness (QED) is 0.00707. The number of hydrogen-bond donors (Lipinski definition) is 11. The number of aromatic nitrogens is 6. The maximum Gasteiger partial charge on any atom is 0.329 e. The molecule has 0 radical (unpaired) electrons. The van der Waals surface area contributed by atoms with E-state index in [0.717, 1.165) is 38.8 Å². The van der Waals surface area contributed by atoms with Gasteiger partial charge in [-0.1, -0.05) is 158 Å². The molecule has 0 bridgehead atoms. The van der Waals surface area contributed by atoms with Gasteiger partial charge in [0.1, 0.15) is 65.0 Å². The number of hydrogen-bond acceptors (Lipinski definition) is 28. The third kappa shape index (κ3) is 31.9. The number of ether oxygens (including phenoxy) is 2. The van der Waals surface area contributed by atoms with Crippen molar-refractivity contribution in [2.75, 3.05) is 40.8 Å². The predicted octanol–water partition coefficient (Wildman–Crippen LogP) is 23.0. The van der Waals surface area contributed by atoms with Crippen LogP contribution >= 0.6 is 171 Å². The molecule has 147 heavy (non-hydrogen) atoms. The molecule has 14 aromatic carbocycles. The first-order valence-electron chi connectivity index (χ1n) is 41.4. The number of phenolic OH excluding ortho intramolecular Hbond substituents is 1. The minimum atomic E-state index is -4.05. The van der Waals surface area contributed by atoms with Crippen molar-refractivity contribution >= 4 is 339 Å². The van der Waals surface area contributed by atoms with Crippen LogP contribution in [-0.2, 0) is 49.2 Å². The van der Waals surface area contributed by atoms with Gasteiger partial charge in [0.15, 0.2) is 0 Å². The van der Waals surface area contributed by atoms with Gasteiger partial charge in [-0.25, -0.2) is 30.7 Å². The van der Waals surface area contributed by atoms with Crippen LogP contribution in [0.3, 0.4) is 0 Å². The van der Waals surface area contributed by atoms with Crippen LogP contribution in [-0.4, -0.2) is 116 Å². The molecule has 0 saturated heterocycles. The fraction of sp³-hybridized carbons (Fsp3) is 0.0208. The number of rotatable bonds is 23. The number of carbonyl (C=O) groups is 9. The highest BCUT2D eigenvalue weighted by molar-refractivity contribution is 14.1. The number of nitrogens with one attached hydrogen (secondary N) is 9.